The van der Waals surface area contributed by atoms with Crippen LogP contribution in [0, 0.1) is 5.41 Å². The van der Waals surface area contributed by atoms with Gasteiger partial charge in [0.25, 0.3) is 0 Å². The van der Waals surface area contributed by atoms with Crippen molar-refractivity contribution in [1.82, 2.24) is 0 Å². The number of rotatable bonds is 6. The fourth-order valence-electron chi connectivity index (χ4n) is 1.85. The van der Waals surface area contributed by atoms with Gasteiger partial charge in [0.2, 0.25) is 5.91 Å². The molecular formula is C14H19NO4. The SMILES string of the molecule is COc1ccccc1NC(=O)CC(C)(C)CC(=O)O. The van der Waals surface area contributed by atoms with Gasteiger partial charge >= 0.3 is 5.97 Å². The van der Waals surface area contributed by atoms with Crippen molar-refractivity contribution in [2.24, 2.45) is 5.41 Å². The maximum Gasteiger partial charge on any atom is 0.303 e. The molecule has 1 aromatic carbocycles. The Labute approximate surface area is 112 Å². The zero-order chi connectivity index (χ0) is 14.5. The number of para-hydroxylation sites is 2. The number of nitrogens with one attached hydrogen (secondary N) is 1. The Bertz CT molecular complexity index is 468. The van der Waals surface area contributed by atoms with Crippen LogP contribution in [0.5, 0.6) is 5.75 Å². The molecule has 1 amide bonds. The van der Waals surface area contributed by atoms with Crippen molar-refractivity contribution in [3.63, 3.8) is 0 Å². The molecule has 0 saturated heterocycles. The number of carbonyl (C=O) groups is 2. The summed E-state index contributed by atoms with van der Waals surface area (Å²) >= 11 is 0. The lowest BCUT2D eigenvalue weighted by Gasteiger charge is -2.21. The molecule has 5 nitrogen and oxygen atoms in total. The molecule has 2 N–H and O–H groups in total. The molecule has 0 radical (unpaired) electrons. The Morgan fingerprint density at radius 2 is 1.89 bits per heavy atom. The molecule has 104 valence electrons. The number of aliphatic carboxylic acids is 1. The summed E-state index contributed by atoms with van der Waals surface area (Å²) in [5.41, 5.74) is -0.00101. The first-order valence-corrected chi connectivity index (χ1v) is 5.99. The van der Waals surface area contributed by atoms with Gasteiger partial charge in [-0.2, -0.15) is 0 Å². The second-order valence-electron chi connectivity index (χ2n) is 5.16. The topological polar surface area (TPSA) is 75.6 Å². The summed E-state index contributed by atoms with van der Waals surface area (Å²) in [5.74, 6) is -0.558. The van der Waals surface area contributed by atoms with Crippen molar-refractivity contribution >= 4 is 17.6 Å². The van der Waals surface area contributed by atoms with E-state index in [1.165, 1.54) is 7.11 Å². The minimum Gasteiger partial charge on any atom is -0.495 e. The molecule has 5 heteroatoms. The normalized spacial score (nSPS) is 10.9. The molecule has 0 unspecified atom stereocenters. The third-order valence-corrected chi connectivity index (χ3v) is 2.65. The number of carbonyl (C=O) groups excluding carboxylic acids is 1. The number of amides is 1. The van der Waals surface area contributed by atoms with Crippen LogP contribution in [-0.4, -0.2) is 24.1 Å². The fourth-order valence-corrected chi connectivity index (χ4v) is 1.85. The number of benzene rings is 1. The molecule has 19 heavy (non-hydrogen) atoms. The number of ether oxygens (including phenoxy) is 1. The Balaban J connectivity index is 2.67. The van der Waals surface area contributed by atoms with Crippen LogP contribution in [0.4, 0.5) is 5.69 Å². The van der Waals surface area contributed by atoms with Crippen LogP contribution < -0.4 is 10.1 Å². The summed E-state index contributed by atoms with van der Waals surface area (Å²) in [6, 6.07) is 7.09. The molecule has 0 aliphatic rings. The molecule has 0 bridgehead atoms. The van der Waals surface area contributed by atoms with Gasteiger partial charge in [0.1, 0.15) is 5.75 Å². The van der Waals surface area contributed by atoms with Gasteiger partial charge in [-0.15, -0.1) is 0 Å². The highest BCUT2D eigenvalue weighted by Gasteiger charge is 2.25. The number of methoxy groups -OCH3 is 1. The molecule has 0 aliphatic heterocycles. The Kier molecular flexibility index (Phi) is 4.92. The molecule has 1 aromatic rings. The van der Waals surface area contributed by atoms with E-state index in [0.717, 1.165) is 0 Å². The van der Waals surface area contributed by atoms with Crippen LogP contribution >= 0.6 is 0 Å². The summed E-state index contributed by atoms with van der Waals surface area (Å²) in [6.45, 7) is 3.51. The first-order valence-electron chi connectivity index (χ1n) is 5.99. The van der Waals surface area contributed by atoms with Gasteiger partial charge in [0.15, 0.2) is 0 Å². The van der Waals surface area contributed by atoms with Crippen LogP contribution in [0.2, 0.25) is 0 Å². The van der Waals surface area contributed by atoms with Gasteiger partial charge in [-0.1, -0.05) is 26.0 Å². The van der Waals surface area contributed by atoms with E-state index in [4.69, 9.17) is 9.84 Å². The molecule has 0 atom stereocenters. The van der Waals surface area contributed by atoms with E-state index in [1.807, 2.05) is 6.07 Å². The van der Waals surface area contributed by atoms with Crippen LogP contribution in [0.25, 0.3) is 0 Å². The lowest BCUT2D eigenvalue weighted by Crippen LogP contribution is -2.24. The number of anilines is 1. The van der Waals surface area contributed by atoms with E-state index in [1.54, 1.807) is 32.0 Å². The molecule has 0 spiro atoms. The zero-order valence-electron chi connectivity index (χ0n) is 11.4. The van der Waals surface area contributed by atoms with Crippen molar-refractivity contribution in [3.8, 4) is 5.75 Å². The van der Waals surface area contributed by atoms with Crippen LogP contribution in [0.1, 0.15) is 26.7 Å². The fraction of sp³-hybridized carbons (Fsp3) is 0.429. The van der Waals surface area contributed by atoms with E-state index >= 15 is 0 Å². The zero-order valence-corrected chi connectivity index (χ0v) is 11.4. The van der Waals surface area contributed by atoms with Gasteiger partial charge in [-0.25, -0.2) is 0 Å². The molecule has 0 aliphatic carbocycles. The average Bonchev–Trinajstić information content (AvgIpc) is 2.26. The number of hydrogen-bond acceptors (Lipinski definition) is 3. The summed E-state index contributed by atoms with van der Waals surface area (Å²) in [5, 5.41) is 11.5. The van der Waals surface area contributed by atoms with Gasteiger partial charge in [0.05, 0.1) is 19.2 Å². The maximum atomic E-state index is 11.9. The van der Waals surface area contributed by atoms with Crippen LogP contribution in [0.15, 0.2) is 24.3 Å². The van der Waals surface area contributed by atoms with E-state index in [9.17, 15) is 9.59 Å². The first kappa shape index (κ1) is 15.0. The lowest BCUT2D eigenvalue weighted by atomic mass is 9.85. The molecular weight excluding hydrogens is 246 g/mol. The predicted molar refractivity (Wildman–Crippen MR) is 72.3 cm³/mol. The number of carboxylic acid groups (broad SMARTS) is 1. The first-order chi connectivity index (χ1) is 8.84. The minimum atomic E-state index is -0.907. The van der Waals surface area contributed by atoms with Gasteiger partial charge < -0.3 is 15.2 Å². The van der Waals surface area contributed by atoms with E-state index in [-0.39, 0.29) is 18.7 Å². The second-order valence-corrected chi connectivity index (χ2v) is 5.16. The second kappa shape index (κ2) is 6.22. The summed E-state index contributed by atoms with van der Waals surface area (Å²) in [6.07, 6.45) is 0.0870. The van der Waals surface area contributed by atoms with Crippen molar-refractivity contribution < 1.29 is 19.4 Å². The van der Waals surface area contributed by atoms with Crippen molar-refractivity contribution in [1.29, 1.82) is 0 Å². The van der Waals surface area contributed by atoms with E-state index in [0.29, 0.717) is 11.4 Å². The summed E-state index contributed by atoms with van der Waals surface area (Å²) in [4.78, 5) is 22.6. The van der Waals surface area contributed by atoms with Gasteiger partial charge in [0, 0.05) is 6.42 Å². The third kappa shape index (κ3) is 4.99. The van der Waals surface area contributed by atoms with E-state index < -0.39 is 11.4 Å². The lowest BCUT2D eigenvalue weighted by molar-refractivity contribution is -0.139. The summed E-state index contributed by atoms with van der Waals surface area (Å²) < 4.78 is 5.13. The molecule has 1 rings (SSSR count). The highest BCUT2D eigenvalue weighted by molar-refractivity contribution is 5.92. The Morgan fingerprint density at radius 3 is 2.47 bits per heavy atom. The third-order valence-electron chi connectivity index (χ3n) is 2.65. The highest BCUT2D eigenvalue weighted by atomic mass is 16.5. The Morgan fingerprint density at radius 1 is 1.26 bits per heavy atom. The van der Waals surface area contributed by atoms with Crippen LogP contribution in [-0.2, 0) is 9.59 Å². The average molecular weight is 265 g/mol. The van der Waals surface area contributed by atoms with Crippen molar-refractivity contribution in [2.75, 3.05) is 12.4 Å². The van der Waals surface area contributed by atoms with Gasteiger partial charge in [-0.05, 0) is 17.5 Å². The monoisotopic (exact) mass is 265 g/mol. The number of hydrogen-bond donors (Lipinski definition) is 2. The smallest absolute Gasteiger partial charge is 0.303 e. The standard InChI is InChI=1S/C14H19NO4/c1-14(2,9-13(17)18)8-12(16)15-10-6-4-5-7-11(10)19-3/h4-7H,8-9H2,1-3H3,(H,15,16)(H,17,18). The molecule has 0 saturated carbocycles. The van der Waals surface area contributed by atoms with E-state index in [2.05, 4.69) is 5.32 Å². The Hall–Kier alpha value is -2.04. The number of carboxylic acids is 1. The highest BCUT2D eigenvalue weighted by Crippen LogP contribution is 2.27. The molecule has 0 heterocycles. The van der Waals surface area contributed by atoms with Crippen LogP contribution in [0.3, 0.4) is 0 Å². The maximum absolute atomic E-state index is 11.9. The molecule has 0 fully saturated rings. The van der Waals surface area contributed by atoms with Crippen molar-refractivity contribution in [3.05, 3.63) is 24.3 Å². The van der Waals surface area contributed by atoms with Gasteiger partial charge in [-0.3, -0.25) is 9.59 Å². The predicted octanol–water partition coefficient (Wildman–Crippen LogP) is 2.52. The molecule has 0 aromatic heterocycles. The van der Waals surface area contributed by atoms with Crippen molar-refractivity contribution in [2.45, 2.75) is 26.7 Å². The quantitative estimate of drug-likeness (QED) is 0.828. The largest absolute Gasteiger partial charge is 0.495 e. The summed E-state index contributed by atoms with van der Waals surface area (Å²) in [7, 11) is 1.53. The minimum absolute atomic E-state index is 0.0493.